The maximum Gasteiger partial charge on any atom is 0.257 e. The fraction of sp³-hybridized carbons (Fsp3) is 0.409. The Bertz CT molecular complexity index is 895. The van der Waals surface area contributed by atoms with Gasteiger partial charge in [-0.05, 0) is 31.0 Å². The minimum atomic E-state index is -0.420. The molecule has 7 heteroatoms. The third kappa shape index (κ3) is 3.58. The van der Waals surface area contributed by atoms with E-state index in [0.29, 0.717) is 29.4 Å². The summed E-state index contributed by atoms with van der Waals surface area (Å²) in [5.74, 6) is 1.73. The maximum absolute atomic E-state index is 13.4. The standard InChI is InChI=1S/C22H26N2O5/c1-26-18-12-20(28-3)19(27-2)11-16(18)21-23-17-9-5-4-8-15(17)22(25)24(21)13-14-7-6-10-29-14/h4-5,8-9,11-12,14,21,23H,6-7,10,13H2,1-3H3/t14-,21+/m0/s1. The van der Waals surface area contributed by atoms with Crippen LogP contribution < -0.4 is 19.5 Å². The third-order valence-electron chi connectivity index (χ3n) is 5.48. The molecule has 29 heavy (non-hydrogen) atoms. The van der Waals surface area contributed by atoms with E-state index in [2.05, 4.69) is 5.32 Å². The smallest absolute Gasteiger partial charge is 0.257 e. The average Bonchev–Trinajstić information content (AvgIpc) is 3.28. The van der Waals surface area contributed by atoms with E-state index in [0.717, 1.165) is 30.7 Å². The van der Waals surface area contributed by atoms with Gasteiger partial charge in [-0.3, -0.25) is 4.79 Å². The number of carbonyl (C=O) groups is 1. The summed E-state index contributed by atoms with van der Waals surface area (Å²) in [6, 6.07) is 11.2. The van der Waals surface area contributed by atoms with Gasteiger partial charge in [0.1, 0.15) is 11.9 Å². The Morgan fingerprint density at radius 3 is 2.48 bits per heavy atom. The molecule has 2 aromatic carbocycles. The molecule has 0 bridgehead atoms. The van der Waals surface area contributed by atoms with E-state index in [1.807, 2.05) is 35.2 Å². The number of anilines is 1. The van der Waals surface area contributed by atoms with Crippen LogP contribution in [-0.2, 0) is 4.74 Å². The highest BCUT2D eigenvalue weighted by atomic mass is 16.5. The number of nitrogens with zero attached hydrogens (tertiary/aromatic N) is 1. The Labute approximate surface area is 170 Å². The van der Waals surface area contributed by atoms with Crippen molar-refractivity contribution < 1.29 is 23.7 Å². The van der Waals surface area contributed by atoms with Crippen LogP contribution in [0.1, 0.15) is 34.9 Å². The monoisotopic (exact) mass is 398 g/mol. The van der Waals surface area contributed by atoms with Gasteiger partial charge in [0.15, 0.2) is 11.5 Å². The number of nitrogens with one attached hydrogen (secondary N) is 1. The van der Waals surface area contributed by atoms with Crippen LogP contribution in [-0.4, -0.2) is 51.4 Å². The van der Waals surface area contributed by atoms with Crippen LogP contribution in [0.15, 0.2) is 36.4 Å². The lowest BCUT2D eigenvalue weighted by Crippen LogP contribution is -2.46. The van der Waals surface area contributed by atoms with Gasteiger partial charge in [0.25, 0.3) is 5.91 Å². The van der Waals surface area contributed by atoms with Crippen LogP contribution >= 0.6 is 0 Å². The summed E-state index contributed by atoms with van der Waals surface area (Å²) in [4.78, 5) is 15.2. The molecule has 0 aromatic heterocycles. The molecule has 1 amide bonds. The molecule has 0 saturated carbocycles. The highest BCUT2D eigenvalue weighted by molar-refractivity contribution is 6.01. The number of amides is 1. The topological polar surface area (TPSA) is 69.3 Å². The molecule has 0 aliphatic carbocycles. The van der Waals surface area contributed by atoms with E-state index in [4.69, 9.17) is 18.9 Å². The Morgan fingerprint density at radius 1 is 1.07 bits per heavy atom. The van der Waals surface area contributed by atoms with Crippen molar-refractivity contribution in [3.8, 4) is 17.2 Å². The highest BCUT2D eigenvalue weighted by Gasteiger charge is 2.37. The second-order valence-electron chi connectivity index (χ2n) is 7.13. The number of carbonyl (C=O) groups excluding carboxylic acids is 1. The molecule has 2 aromatic rings. The fourth-order valence-electron chi connectivity index (χ4n) is 4.00. The first-order valence-electron chi connectivity index (χ1n) is 9.74. The predicted octanol–water partition coefficient (Wildman–Crippen LogP) is 3.46. The Morgan fingerprint density at radius 2 is 1.79 bits per heavy atom. The van der Waals surface area contributed by atoms with E-state index < -0.39 is 6.17 Å². The number of rotatable bonds is 6. The van der Waals surface area contributed by atoms with Gasteiger partial charge in [-0.15, -0.1) is 0 Å². The zero-order chi connectivity index (χ0) is 20.4. The van der Waals surface area contributed by atoms with Crippen LogP contribution in [0.5, 0.6) is 17.2 Å². The number of benzene rings is 2. The van der Waals surface area contributed by atoms with Crippen molar-refractivity contribution in [3.05, 3.63) is 47.5 Å². The van der Waals surface area contributed by atoms with E-state index in [1.165, 1.54) is 0 Å². The first-order valence-corrected chi connectivity index (χ1v) is 9.74. The van der Waals surface area contributed by atoms with Gasteiger partial charge < -0.3 is 29.2 Å². The van der Waals surface area contributed by atoms with E-state index in [9.17, 15) is 4.79 Å². The Kier molecular flexibility index (Phi) is 5.49. The van der Waals surface area contributed by atoms with Crippen LogP contribution in [0.3, 0.4) is 0 Å². The zero-order valence-electron chi connectivity index (χ0n) is 16.9. The molecule has 0 radical (unpaired) electrons. The molecule has 1 N–H and O–H groups in total. The van der Waals surface area contributed by atoms with Crippen molar-refractivity contribution in [1.29, 1.82) is 0 Å². The lowest BCUT2D eigenvalue weighted by atomic mass is 10.0. The quantitative estimate of drug-likeness (QED) is 0.804. The molecule has 0 unspecified atom stereocenters. The molecular weight excluding hydrogens is 372 g/mol. The third-order valence-corrected chi connectivity index (χ3v) is 5.48. The number of hydrogen-bond donors (Lipinski definition) is 1. The van der Waals surface area contributed by atoms with Crippen molar-refractivity contribution in [3.63, 3.8) is 0 Å². The number of ether oxygens (including phenoxy) is 4. The highest BCUT2D eigenvalue weighted by Crippen LogP contribution is 2.42. The number of hydrogen-bond acceptors (Lipinski definition) is 6. The maximum atomic E-state index is 13.4. The summed E-state index contributed by atoms with van der Waals surface area (Å²) in [5, 5.41) is 3.50. The molecule has 2 atom stereocenters. The number of methoxy groups -OCH3 is 3. The first kappa shape index (κ1) is 19.4. The van der Waals surface area contributed by atoms with Crippen molar-refractivity contribution in [2.45, 2.75) is 25.1 Å². The molecule has 1 fully saturated rings. The number of fused-ring (bicyclic) bond motifs is 1. The van der Waals surface area contributed by atoms with Gasteiger partial charge in [0.05, 0.1) is 33.0 Å². The number of para-hydroxylation sites is 1. The largest absolute Gasteiger partial charge is 0.496 e. The SMILES string of the molecule is COc1cc(OC)c([C@@H]2Nc3ccccc3C(=O)N2C[C@@H]2CCCO2)cc1OC. The van der Waals surface area contributed by atoms with Gasteiger partial charge in [-0.1, -0.05) is 12.1 Å². The Hall–Kier alpha value is -2.93. The molecule has 154 valence electrons. The van der Waals surface area contributed by atoms with E-state index in [1.54, 1.807) is 27.4 Å². The molecule has 2 aliphatic heterocycles. The predicted molar refractivity (Wildman–Crippen MR) is 109 cm³/mol. The molecule has 2 heterocycles. The van der Waals surface area contributed by atoms with Gasteiger partial charge in [0.2, 0.25) is 0 Å². The summed E-state index contributed by atoms with van der Waals surface area (Å²) < 4.78 is 22.4. The lowest BCUT2D eigenvalue weighted by Gasteiger charge is -2.39. The minimum Gasteiger partial charge on any atom is -0.496 e. The minimum absolute atomic E-state index is 0.0275. The lowest BCUT2D eigenvalue weighted by molar-refractivity contribution is 0.0424. The summed E-state index contributed by atoms with van der Waals surface area (Å²) in [6.45, 7) is 1.24. The van der Waals surface area contributed by atoms with E-state index >= 15 is 0 Å². The van der Waals surface area contributed by atoms with Crippen LogP contribution in [0.25, 0.3) is 0 Å². The molecule has 0 spiro atoms. The van der Waals surface area contributed by atoms with Gasteiger partial charge >= 0.3 is 0 Å². The van der Waals surface area contributed by atoms with Crippen LogP contribution in [0.2, 0.25) is 0 Å². The summed E-state index contributed by atoms with van der Waals surface area (Å²) in [6.07, 6.45) is 1.57. The van der Waals surface area contributed by atoms with Crippen molar-refractivity contribution in [2.24, 2.45) is 0 Å². The van der Waals surface area contributed by atoms with Crippen molar-refractivity contribution >= 4 is 11.6 Å². The molecular formula is C22H26N2O5. The summed E-state index contributed by atoms with van der Waals surface area (Å²) in [7, 11) is 4.78. The normalized spacial score (nSPS) is 20.8. The average molecular weight is 398 g/mol. The molecule has 1 saturated heterocycles. The van der Waals surface area contributed by atoms with E-state index in [-0.39, 0.29) is 12.0 Å². The zero-order valence-corrected chi connectivity index (χ0v) is 16.9. The summed E-state index contributed by atoms with van der Waals surface area (Å²) in [5.41, 5.74) is 2.25. The van der Waals surface area contributed by atoms with Crippen LogP contribution in [0.4, 0.5) is 5.69 Å². The fourth-order valence-corrected chi connectivity index (χ4v) is 4.00. The van der Waals surface area contributed by atoms with Crippen molar-refractivity contribution in [1.82, 2.24) is 4.90 Å². The second-order valence-corrected chi connectivity index (χ2v) is 7.13. The summed E-state index contributed by atoms with van der Waals surface area (Å²) >= 11 is 0. The molecule has 4 rings (SSSR count). The van der Waals surface area contributed by atoms with Gasteiger partial charge in [0, 0.05) is 30.5 Å². The molecule has 2 aliphatic rings. The van der Waals surface area contributed by atoms with Gasteiger partial charge in [-0.2, -0.15) is 0 Å². The van der Waals surface area contributed by atoms with Crippen molar-refractivity contribution in [2.75, 3.05) is 39.8 Å². The van der Waals surface area contributed by atoms with Gasteiger partial charge in [-0.25, -0.2) is 0 Å². The van der Waals surface area contributed by atoms with Crippen LogP contribution in [0, 0.1) is 0 Å². The second kappa shape index (κ2) is 8.21. The molecule has 7 nitrogen and oxygen atoms in total. The first-order chi connectivity index (χ1) is 14.2. The Balaban J connectivity index is 1.79.